The summed E-state index contributed by atoms with van der Waals surface area (Å²) >= 11 is 0. The Morgan fingerprint density at radius 2 is 2.02 bits per heavy atom. The summed E-state index contributed by atoms with van der Waals surface area (Å²) in [5, 5.41) is 9.51. The smallest absolute Gasteiger partial charge is 0.151 e. The van der Waals surface area contributed by atoms with Gasteiger partial charge in [-0.2, -0.15) is 5.26 Å². The molecule has 7 rings (SSSR count). The Balaban J connectivity index is 1.13. The first-order valence-corrected chi connectivity index (χ1v) is 17.7. The Bertz CT molecular complexity index is 1790. The quantitative estimate of drug-likeness (QED) is 0.179. The average molecular weight is 633 g/mol. The lowest BCUT2D eigenvalue weighted by Gasteiger charge is -2.48. The van der Waals surface area contributed by atoms with Crippen LogP contribution in [0, 0.1) is 33.9 Å². The molecule has 0 spiro atoms. The van der Waals surface area contributed by atoms with Crippen molar-refractivity contribution < 1.29 is 4.39 Å². The van der Waals surface area contributed by atoms with E-state index in [4.69, 9.17) is 9.98 Å². The lowest BCUT2D eigenvalue weighted by molar-refractivity contribution is 0.191. The van der Waals surface area contributed by atoms with E-state index in [1.165, 1.54) is 29.4 Å². The number of allylic oxidation sites excluding steroid dienone is 1. The highest BCUT2D eigenvalue weighted by atomic mass is 19.1. The third-order valence-corrected chi connectivity index (χ3v) is 11.8. The first-order chi connectivity index (χ1) is 22.7. The number of nitrogens with zero attached hydrogens (tertiary/aromatic N) is 6. The fourth-order valence-electron chi connectivity index (χ4n) is 8.57. The van der Waals surface area contributed by atoms with Gasteiger partial charge in [-0.15, -0.1) is 0 Å². The zero-order valence-electron chi connectivity index (χ0n) is 28.6. The van der Waals surface area contributed by atoms with Crippen LogP contribution in [0.15, 0.2) is 54.1 Å². The Labute approximate surface area is 279 Å². The van der Waals surface area contributed by atoms with E-state index in [0.29, 0.717) is 42.8 Å². The molecule has 1 aromatic heterocycles. The molecule has 2 aromatic carbocycles. The van der Waals surface area contributed by atoms with Crippen LogP contribution in [-0.4, -0.2) is 53.4 Å². The summed E-state index contributed by atoms with van der Waals surface area (Å²) in [6.45, 7) is 15.8. The van der Waals surface area contributed by atoms with E-state index in [1.807, 2.05) is 6.07 Å². The Hall–Kier alpha value is -3.76. The number of halogens is 1. The van der Waals surface area contributed by atoms with Crippen LogP contribution in [0.3, 0.4) is 0 Å². The van der Waals surface area contributed by atoms with Crippen LogP contribution in [0.2, 0.25) is 0 Å². The molecule has 4 unspecified atom stereocenters. The maximum absolute atomic E-state index is 15.2. The molecule has 47 heavy (non-hydrogen) atoms. The van der Waals surface area contributed by atoms with Crippen LogP contribution in [-0.2, 0) is 13.1 Å². The molecule has 2 saturated carbocycles. The molecule has 4 atom stereocenters. The third kappa shape index (κ3) is 5.53. The number of aromatic nitrogens is 2. The molecule has 0 saturated heterocycles. The largest absolute Gasteiger partial charge is 0.370 e. The zero-order valence-corrected chi connectivity index (χ0v) is 28.6. The lowest BCUT2D eigenvalue weighted by Crippen LogP contribution is -2.44. The molecule has 6 nitrogen and oxygen atoms in total. The second-order valence-electron chi connectivity index (χ2n) is 15.1. The van der Waals surface area contributed by atoms with Crippen LogP contribution in [0.25, 0.3) is 17.1 Å². The van der Waals surface area contributed by atoms with Crippen molar-refractivity contribution in [3.63, 3.8) is 0 Å². The maximum Gasteiger partial charge on any atom is 0.151 e. The molecule has 4 aliphatic rings. The minimum Gasteiger partial charge on any atom is -0.370 e. The van der Waals surface area contributed by atoms with E-state index >= 15 is 4.39 Å². The van der Waals surface area contributed by atoms with E-state index in [-0.39, 0.29) is 16.6 Å². The average Bonchev–Trinajstić information content (AvgIpc) is 3.44. The van der Waals surface area contributed by atoms with Crippen LogP contribution >= 0.6 is 0 Å². The van der Waals surface area contributed by atoms with Crippen molar-refractivity contribution in [3.05, 3.63) is 77.4 Å². The number of rotatable bonds is 14. The summed E-state index contributed by atoms with van der Waals surface area (Å²) in [6.07, 6.45) is 12.4. The number of aliphatic imine (C=N–C) groups is 1. The highest BCUT2D eigenvalue weighted by molar-refractivity contribution is 6.03. The van der Waals surface area contributed by atoms with Gasteiger partial charge in [0.1, 0.15) is 11.3 Å². The van der Waals surface area contributed by atoms with Crippen molar-refractivity contribution in [2.45, 2.75) is 84.2 Å². The van der Waals surface area contributed by atoms with Crippen molar-refractivity contribution in [1.29, 1.82) is 5.26 Å². The second-order valence-corrected chi connectivity index (χ2v) is 15.1. The third-order valence-electron chi connectivity index (χ3n) is 11.8. The van der Waals surface area contributed by atoms with Gasteiger partial charge in [0.15, 0.2) is 5.82 Å². The maximum atomic E-state index is 15.2. The molecule has 3 aliphatic carbocycles. The van der Waals surface area contributed by atoms with E-state index in [1.54, 1.807) is 11.6 Å². The Morgan fingerprint density at radius 3 is 2.72 bits per heavy atom. The number of imidazole rings is 1. The number of benzene rings is 2. The molecule has 0 N–H and O–H groups in total. The minimum atomic E-state index is -0.316. The summed E-state index contributed by atoms with van der Waals surface area (Å²) in [6, 6.07) is 12.9. The van der Waals surface area contributed by atoms with Gasteiger partial charge < -0.3 is 9.47 Å². The number of likely N-dealkylation sites (N-methyl/N-ethyl adjacent to an activating group) is 1. The van der Waals surface area contributed by atoms with Crippen molar-refractivity contribution in [2.75, 3.05) is 38.1 Å². The van der Waals surface area contributed by atoms with Crippen LogP contribution in [0.4, 0.5) is 10.1 Å². The van der Waals surface area contributed by atoms with E-state index in [9.17, 15) is 5.26 Å². The molecule has 2 heterocycles. The standard InChI is InChI=1S/C40H49FN6/c1-6-8-18-46(33-11-9-10-29-30-23-31(37(29)33)39(30,4)35-13-12-27(3)24-43-35)20-19-45(5)25-36-44-38-32(41)21-28(7-2)22-34(38)47(36)26-40(14-15-40)16-17-42/h7,9-13,21-22,27,30-31H,2,6,8,14-16,18-20,23-26H2,1,3-5H3. The number of dihydropyridines is 1. The highest BCUT2D eigenvalue weighted by Gasteiger charge is 2.62. The van der Waals surface area contributed by atoms with Gasteiger partial charge >= 0.3 is 0 Å². The molecular weight excluding hydrogens is 583 g/mol. The van der Waals surface area contributed by atoms with Gasteiger partial charge in [-0.05, 0) is 91.5 Å². The fraction of sp³-hybridized carbons (Fsp3) is 0.525. The van der Waals surface area contributed by atoms with Crippen molar-refractivity contribution >= 4 is 28.5 Å². The molecular formula is C40H49FN6. The van der Waals surface area contributed by atoms with E-state index < -0.39 is 0 Å². The predicted octanol–water partition coefficient (Wildman–Crippen LogP) is 8.49. The Kier molecular flexibility index (Phi) is 8.37. The lowest BCUT2D eigenvalue weighted by atomic mass is 9.55. The predicted molar refractivity (Wildman–Crippen MR) is 190 cm³/mol. The first-order valence-electron chi connectivity index (χ1n) is 17.7. The first kappa shape index (κ1) is 31.8. The summed E-state index contributed by atoms with van der Waals surface area (Å²) in [5.41, 5.74) is 7.78. The van der Waals surface area contributed by atoms with Gasteiger partial charge in [0.05, 0.1) is 18.1 Å². The topological polar surface area (TPSA) is 60.5 Å². The molecule has 0 radical (unpaired) electrons. The number of fused-ring (bicyclic) bond motifs is 6. The molecule has 2 fully saturated rings. The molecule has 0 amide bonds. The van der Waals surface area contributed by atoms with Gasteiger partial charge in [-0.25, -0.2) is 9.37 Å². The summed E-state index contributed by atoms with van der Waals surface area (Å²) < 4.78 is 17.4. The summed E-state index contributed by atoms with van der Waals surface area (Å²) in [5.74, 6) is 2.12. The van der Waals surface area contributed by atoms with Crippen molar-refractivity contribution in [1.82, 2.24) is 14.5 Å². The fourth-order valence-corrected chi connectivity index (χ4v) is 8.57. The molecule has 2 bridgehead atoms. The van der Waals surface area contributed by atoms with Crippen LogP contribution < -0.4 is 4.90 Å². The van der Waals surface area contributed by atoms with Gasteiger partial charge in [-0.3, -0.25) is 9.89 Å². The number of nitriles is 1. The highest BCUT2D eigenvalue weighted by Crippen LogP contribution is 2.71. The number of hydrogen-bond donors (Lipinski definition) is 0. The molecule has 1 aliphatic heterocycles. The normalized spacial score (nSPS) is 25.0. The van der Waals surface area contributed by atoms with E-state index in [0.717, 1.165) is 68.8 Å². The van der Waals surface area contributed by atoms with Gasteiger partial charge in [0, 0.05) is 61.4 Å². The second kappa shape index (κ2) is 12.4. The van der Waals surface area contributed by atoms with E-state index in [2.05, 4.69) is 85.2 Å². The summed E-state index contributed by atoms with van der Waals surface area (Å²) in [4.78, 5) is 14.9. The van der Waals surface area contributed by atoms with Gasteiger partial charge in [0.2, 0.25) is 0 Å². The van der Waals surface area contributed by atoms with Crippen molar-refractivity contribution in [2.24, 2.45) is 21.7 Å². The van der Waals surface area contributed by atoms with Gasteiger partial charge in [0.25, 0.3) is 0 Å². The van der Waals surface area contributed by atoms with Crippen LogP contribution in [0.5, 0.6) is 0 Å². The number of hydrogen-bond acceptors (Lipinski definition) is 5. The SMILES string of the molecule is C=Cc1cc(F)c2nc(CN(C)CCN(CCCC)c3cccc4c3C3CC4C3(C)C3=NCC(C)C=C3)n(CC3(CC#N)CC3)c2c1. The summed E-state index contributed by atoms with van der Waals surface area (Å²) in [7, 11) is 2.15. The number of unbranched alkanes of at least 4 members (excludes halogenated alkanes) is 1. The molecule has 3 aromatic rings. The zero-order chi connectivity index (χ0) is 32.9. The van der Waals surface area contributed by atoms with Crippen molar-refractivity contribution in [3.8, 4) is 6.07 Å². The monoisotopic (exact) mass is 632 g/mol. The minimum absolute atomic E-state index is 0.0343. The Morgan fingerprint density at radius 1 is 1.19 bits per heavy atom. The van der Waals surface area contributed by atoms with Crippen LogP contribution in [0.1, 0.15) is 93.6 Å². The number of anilines is 1. The molecule has 246 valence electrons. The molecule has 7 heteroatoms. The van der Waals surface area contributed by atoms with Gasteiger partial charge in [-0.1, -0.05) is 58.1 Å².